The number of amides is 1. The molecular formula is C22H21BN4O3. The first kappa shape index (κ1) is 19.9. The average Bonchev–Trinajstić information content (AvgIpc) is 2.74. The van der Waals surface area contributed by atoms with E-state index in [0.29, 0.717) is 16.6 Å². The molecule has 0 saturated heterocycles. The molecule has 0 saturated carbocycles. The van der Waals surface area contributed by atoms with Crippen molar-refractivity contribution < 1.29 is 14.6 Å². The molecule has 0 fully saturated rings. The Morgan fingerprint density at radius 2 is 2.03 bits per heavy atom. The number of ketones is 1. The van der Waals surface area contributed by atoms with Crippen molar-refractivity contribution >= 4 is 41.2 Å². The van der Waals surface area contributed by atoms with Crippen LogP contribution >= 0.6 is 0 Å². The second kappa shape index (κ2) is 8.18. The monoisotopic (exact) mass is 400 g/mol. The minimum absolute atomic E-state index is 0.0174. The molecule has 150 valence electrons. The van der Waals surface area contributed by atoms with Crippen LogP contribution in [0.2, 0.25) is 0 Å². The molecule has 0 spiro atoms. The van der Waals surface area contributed by atoms with Crippen LogP contribution in [0.4, 0.5) is 0 Å². The highest BCUT2D eigenvalue weighted by Crippen LogP contribution is 2.23. The van der Waals surface area contributed by atoms with Crippen LogP contribution in [0, 0.1) is 0 Å². The molecule has 1 aliphatic heterocycles. The van der Waals surface area contributed by atoms with Crippen LogP contribution in [0.3, 0.4) is 0 Å². The summed E-state index contributed by atoms with van der Waals surface area (Å²) in [5.74, 6) is -0.931. The SMILES string of the molecule is CC(=O)N1N=Cc2c(cccc2[C@@H](CN)C(=O)Cc2ccc3cnccc3c2)B1O. The summed E-state index contributed by atoms with van der Waals surface area (Å²) < 4.78 is 0. The quantitative estimate of drug-likeness (QED) is 0.621. The smallest absolute Gasteiger partial charge is 0.427 e. The molecule has 2 heterocycles. The summed E-state index contributed by atoms with van der Waals surface area (Å²) in [5.41, 5.74) is 8.76. The van der Waals surface area contributed by atoms with Gasteiger partial charge in [0.2, 0.25) is 5.91 Å². The van der Waals surface area contributed by atoms with Crippen LogP contribution in [-0.2, 0) is 16.0 Å². The zero-order valence-electron chi connectivity index (χ0n) is 16.5. The van der Waals surface area contributed by atoms with E-state index in [1.54, 1.807) is 24.5 Å². The minimum atomic E-state index is -1.19. The second-order valence-corrected chi connectivity index (χ2v) is 7.32. The number of hydrogen-bond donors (Lipinski definition) is 2. The Kier molecular flexibility index (Phi) is 5.43. The lowest BCUT2D eigenvalue weighted by Crippen LogP contribution is -2.52. The molecule has 0 unspecified atom stereocenters. The number of Topliss-reactive ketones (excluding diaryl/α,β-unsaturated/α-hetero) is 1. The normalized spacial score (nSPS) is 14.0. The van der Waals surface area contributed by atoms with E-state index in [4.69, 9.17) is 5.73 Å². The molecule has 3 N–H and O–H groups in total. The van der Waals surface area contributed by atoms with E-state index in [1.165, 1.54) is 13.1 Å². The van der Waals surface area contributed by atoms with Gasteiger partial charge in [0.1, 0.15) is 5.78 Å². The van der Waals surface area contributed by atoms with Crippen LogP contribution in [0.25, 0.3) is 10.8 Å². The van der Waals surface area contributed by atoms with Gasteiger partial charge in [0.05, 0.1) is 12.1 Å². The van der Waals surface area contributed by atoms with Crippen molar-refractivity contribution in [2.75, 3.05) is 6.54 Å². The summed E-state index contributed by atoms with van der Waals surface area (Å²) in [7, 11) is -1.19. The van der Waals surface area contributed by atoms with Gasteiger partial charge >= 0.3 is 7.05 Å². The molecule has 0 radical (unpaired) electrons. The Morgan fingerprint density at radius 1 is 1.20 bits per heavy atom. The Labute approximate surface area is 174 Å². The molecule has 4 rings (SSSR count). The summed E-state index contributed by atoms with van der Waals surface area (Å²) >= 11 is 0. The molecule has 1 aliphatic rings. The Bertz CT molecular complexity index is 1160. The molecule has 1 atom stereocenters. The van der Waals surface area contributed by atoms with E-state index in [2.05, 4.69) is 10.1 Å². The maximum atomic E-state index is 13.2. The molecule has 1 aromatic heterocycles. The molecule has 8 heteroatoms. The lowest BCUT2D eigenvalue weighted by atomic mass is 9.67. The maximum Gasteiger partial charge on any atom is 0.474 e. The zero-order valence-corrected chi connectivity index (χ0v) is 16.5. The highest BCUT2D eigenvalue weighted by atomic mass is 16.2. The van der Waals surface area contributed by atoms with Crippen molar-refractivity contribution in [3.8, 4) is 0 Å². The number of carbonyl (C=O) groups excluding carboxylic acids is 2. The largest absolute Gasteiger partial charge is 0.474 e. The van der Waals surface area contributed by atoms with Crippen LogP contribution < -0.4 is 11.2 Å². The van der Waals surface area contributed by atoms with Crippen LogP contribution in [-0.4, -0.2) is 46.4 Å². The van der Waals surface area contributed by atoms with Crippen molar-refractivity contribution in [2.24, 2.45) is 10.8 Å². The van der Waals surface area contributed by atoms with E-state index >= 15 is 0 Å². The number of carbonyl (C=O) groups is 2. The number of fused-ring (bicyclic) bond motifs is 2. The number of pyridine rings is 1. The van der Waals surface area contributed by atoms with Crippen molar-refractivity contribution in [3.63, 3.8) is 0 Å². The second-order valence-electron chi connectivity index (χ2n) is 7.32. The van der Waals surface area contributed by atoms with Gasteiger partial charge in [-0.1, -0.05) is 36.4 Å². The third-order valence-electron chi connectivity index (χ3n) is 5.40. The Morgan fingerprint density at radius 3 is 2.80 bits per heavy atom. The highest BCUT2D eigenvalue weighted by molar-refractivity contribution is 6.67. The molecule has 2 aromatic carbocycles. The van der Waals surface area contributed by atoms with Crippen molar-refractivity contribution in [1.29, 1.82) is 0 Å². The van der Waals surface area contributed by atoms with Crippen molar-refractivity contribution in [1.82, 2.24) is 9.90 Å². The van der Waals surface area contributed by atoms with Gasteiger partial charge in [0.25, 0.3) is 0 Å². The third kappa shape index (κ3) is 3.63. The molecular weight excluding hydrogens is 379 g/mol. The van der Waals surface area contributed by atoms with Gasteiger partial charge in [-0.2, -0.15) is 5.10 Å². The van der Waals surface area contributed by atoms with E-state index < -0.39 is 13.0 Å². The highest BCUT2D eigenvalue weighted by Gasteiger charge is 2.34. The topological polar surface area (TPSA) is 109 Å². The summed E-state index contributed by atoms with van der Waals surface area (Å²) in [6.07, 6.45) is 5.26. The first-order valence-electron chi connectivity index (χ1n) is 9.69. The van der Waals surface area contributed by atoms with Crippen LogP contribution in [0.5, 0.6) is 0 Å². The van der Waals surface area contributed by atoms with Gasteiger partial charge in [-0.15, -0.1) is 0 Å². The lowest BCUT2D eigenvalue weighted by molar-refractivity contribution is -0.125. The standard InChI is InChI=1S/C22H21BN4O3/c1-14(28)27-23(30)21-4-2-3-18(20(21)13-26-27)19(11-24)22(29)10-15-5-6-17-12-25-8-7-16(17)9-15/h2-9,12-13,19,30H,10-11,24H2,1H3/t19-/m1/s1. The summed E-state index contributed by atoms with van der Waals surface area (Å²) in [5, 5.41) is 16.6. The number of hydrazone groups is 1. The summed E-state index contributed by atoms with van der Waals surface area (Å²) in [4.78, 5) is 29.9. The Hall–Kier alpha value is -3.36. The van der Waals surface area contributed by atoms with E-state index in [1.807, 2.05) is 30.3 Å². The number of nitrogens with zero attached hydrogens (tertiary/aromatic N) is 3. The number of nitrogens with two attached hydrogens (primary N) is 1. The predicted octanol–water partition coefficient (Wildman–Crippen LogP) is 0.972. The number of rotatable bonds is 5. The number of benzene rings is 2. The maximum absolute atomic E-state index is 13.2. The Balaban J connectivity index is 1.64. The van der Waals surface area contributed by atoms with E-state index in [9.17, 15) is 14.6 Å². The fourth-order valence-electron chi connectivity index (χ4n) is 3.85. The fraction of sp³-hybridized carbons (Fsp3) is 0.182. The molecule has 7 nitrogen and oxygen atoms in total. The van der Waals surface area contributed by atoms with Crippen molar-refractivity contribution in [3.05, 3.63) is 71.5 Å². The van der Waals surface area contributed by atoms with Gasteiger partial charge in [0.15, 0.2) is 0 Å². The van der Waals surface area contributed by atoms with Gasteiger partial charge in [0, 0.05) is 37.7 Å². The molecule has 0 aliphatic carbocycles. The van der Waals surface area contributed by atoms with Gasteiger partial charge in [-0.05, 0) is 33.6 Å². The molecule has 1 amide bonds. The summed E-state index contributed by atoms with van der Waals surface area (Å²) in [6.45, 7) is 1.47. The van der Waals surface area contributed by atoms with E-state index in [0.717, 1.165) is 21.3 Å². The fourth-order valence-corrected chi connectivity index (χ4v) is 3.85. The van der Waals surface area contributed by atoms with Gasteiger partial charge in [-0.25, -0.2) is 4.92 Å². The molecule has 3 aromatic rings. The third-order valence-corrected chi connectivity index (χ3v) is 5.40. The van der Waals surface area contributed by atoms with Crippen molar-refractivity contribution in [2.45, 2.75) is 19.3 Å². The van der Waals surface area contributed by atoms with Crippen LogP contribution in [0.1, 0.15) is 29.5 Å². The zero-order chi connectivity index (χ0) is 21.3. The van der Waals surface area contributed by atoms with Crippen LogP contribution in [0.15, 0.2) is 60.0 Å². The molecule has 30 heavy (non-hydrogen) atoms. The average molecular weight is 400 g/mol. The van der Waals surface area contributed by atoms with Gasteiger partial charge < -0.3 is 10.8 Å². The number of aromatic nitrogens is 1. The first-order valence-corrected chi connectivity index (χ1v) is 9.69. The van der Waals surface area contributed by atoms with Gasteiger partial charge in [-0.3, -0.25) is 14.6 Å². The van der Waals surface area contributed by atoms with E-state index in [-0.39, 0.29) is 24.7 Å². The predicted molar refractivity (Wildman–Crippen MR) is 116 cm³/mol. The summed E-state index contributed by atoms with van der Waals surface area (Å²) in [6, 6.07) is 13.1. The first-order chi connectivity index (χ1) is 14.5. The molecule has 0 bridgehead atoms. The minimum Gasteiger partial charge on any atom is -0.427 e. The number of hydrogen-bond acceptors (Lipinski definition) is 6. The lowest BCUT2D eigenvalue weighted by Gasteiger charge is -2.27.